The minimum Gasteiger partial charge on any atom is -0.399 e. The van der Waals surface area contributed by atoms with E-state index in [0.717, 1.165) is 0 Å². The second kappa shape index (κ2) is 11.6. The molecular weight excluding hydrogens is 427 g/mol. The van der Waals surface area contributed by atoms with Crippen LogP contribution < -0.4 is 11.5 Å². The summed E-state index contributed by atoms with van der Waals surface area (Å²) < 4.78 is 51.2. The highest BCUT2D eigenvalue weighted by molar-refractivity contribution is 7.89. The van der Waals surface area contributed by atoms with Crippen molar-refractivity contribution >= 4 is 23.3 Å². The summed E-state index contributed by atoms with van der Waals surface area (Å²) in [6.07, 6.45) is 1.69. The molecule has 0 spiro atoms. The van der Waals surface area contributed by atoms with E-state index in [1.165, 1.54) is 16.4 Å². The first-order valence-corrected chi connectivity index (χ1v) is 13.6. The van der Waals surface area contributed by atoms with Crippen LogP contribution in [0.5, 0.6) is 0 Å². The number of anilines is 1. The first-order valence-electron chi connectivity index (χ1n) is 10.4. The van der Waals surface area contributed by atoms with Crippen LogP contribution in [0.15, 0.2) is 29.2 Å². The van der Waals surface area contributed by atoms with Crippen molar-refractivity contribution in [2.75, 3.05) is 57.8 Å². The van der Waals surface area contributed by atoms with Crippen molar-refractivity contribution in [2.45, 2.75) is 37.6 Å². The standard InChI is InChI=1S/C19H35N4O5PS/c1-3-27-29(24,28-4-2)16-15-22-12-9-18(10-13-22)23(14-11-20)30(25,26)19-7-5-17(21)6-8-19/h5-8,18H,3-4,9-16,20-21H2,1-2H3. The van der Waals surface area contributed by atoms with E-state index in [-0.39, 0.29) is 24.0 Å². The maximum atomic E-state index is 13.2. The Morgan fingerprint density at radius 3 is 2.20 bits per heavy atom. The number of nitrogen functional groups attached to an aromatic ring is 1. The maximum Gasteiger partial charge on any atom is 0.331 e. The van der Waals surface area contributed by atoms with Gasteiger partial charge in [0, 0.05) is 31.4 Å². The normalized spacial score (nSPS) is 16.9. The first kappa shape index (κ1) is 25.3. The number of sulfonamides is 1. The molecule has 1 heterocycles. The Balaban J connectivity index is 2.00. The highest BCUT2D eigenvalue weighted by atomic mass is 32.2. The third-order valence-corrected chi connectivity index (χ3v) is 9.16. The zero-order valence-electron chi connectivity index (χ0n) is 17.9. The van der Waals surface area contributed by atoms with Gasteiger partial charge in [0.1, 0.15) is 0 Å². The van der Waals surface area contributed by atoms with Crippen LogP contribution in [0.1, 0.15) is 26.7 Å². The second-order valence-electron chi connectivity index (χ2n) is 7.22. The molecule has 0 radical (unpaired) electrons. The molecule has 172 valence electrons. The van der Waals surface area contributed by atoms with Crippen molar-refractivity contribution in [3.05, 3.63) is 24.3 Å². The van der Waals surface area contributed by atoms with Crippen LogP contribution in [0, 0.1) is 0 Å². The molecule has 4 N–H and O–H groups in total. The maximum absolute atomic E-state index is 13.2. The number of benzene rings is 1. The molecule has 0 saturated carbocycles. The van der Waals surface area contributed by atoms with Crippen molar-refractivity contribution in [3.63, 3.8) is 0 Å². The lowest BCUT2D eigenvalue weighted by atomic mass is 10.1. The summed E-state index contributed by atoms with van der Waals surface area (Å²) in [5, 5.41) is 0. The summed E-state index contributed by atoms with van der Waals surface area (Å²) >= 11 is 0. The van der Waals surface area contributed by atoms with Gasteiger partial charge >= 0.3 is 7.60 Å². The smallest absolute Gasteiger partial charge is 0.331 e. The van der Waals surface area contributed by atoms with Gasteiger partial charge in [0.2, 0.25) is 10.0 Å². The molecule has 1 fully saturated rings. The summed E-state index contributed by atoms with van der Waals surface area (Å²) in [6, 6.07) is 6.11. The summed E-state index contributed by atoms with van der Waals surface area (Å²) in [5.41, 5.74) is 11.9. The van der Waals surface area contributed by atoms with E-state index in [4.69, 9.17) is 20.5 Å². The van der Waals surface area contributed by atoms with E-state index in [9.17, 15) is 13.0 Å². The Hall–Kier alpha value is -1.00. The van der Waals surface area contributed by atoms with Crippen LogP contribution in [0.25, 0.3) is 0 Å². The van der Waals surface area contributed by atoms with Gasteiger partial charge in [-0.3, -0.25) is 4.57 Å². The number of nitrogens with two attached hydrogens (primary N) is 2. The fourth-order valence-corrected chi connectivity index (χ4v) is 7.00. The van der Waals surface area contributed by atoms with Gasteiger partial charge in [0.05, 0.1) is 24.3 Å². The van der Waals surface area contributed by atoms with Gasteiger partial charge < -0.3 is 25.4 Å². The zero-order chi connectivity index (χ0) is 22.2. The van der Waals surface area contributed by atoms with E-state index < -0.39 is 17.6 Å². The SMILES string of the molecule is CCOP(=O)(CCN1CCC(N(CCN)S(=O)(=O)c2ccc(N)cc2)CC1)OCC. The largest absolute Gasteiger partial charge is 0.399 e. The third kappa shape index (κ3) is 6.75. The molecule has 1 saturated heterocycles. The van der Waals surface area contributed by atoms with Gasteiger partial charge in [-0.25, -0.2) is 8.42 Å². The van der Waals surface area contributed by atoms with Crippen molar-refractivity contribution in [2.24, 2.45) is 5.73 Å². The molecule has 1 aromatic carbocycles. The first-order chi connectivity index (χ1) is 14.3. The fourth-order valence-electron chi connectivity index (χ4n) is 3.66. The van der Waals surface area contributed by atoms with Crippen molar-refractivity contribution in [1.82, 2.24) is 9.21 Å². The van der Waals surface area contributed by atoms with Crippen LogP contribution in [0.3, 0.4) is 0 Å². The average Bonchev–Trinajstić information content (AvgIpc) is 2.72. The molecule has 2 rings (SSSR count). The molecule has 0 atom stereocenters. The quantitative estimate of drug-likeness (QED) is 0.356. The Kier molecular flexibility index (Phi) is 9.74. The summed E-state index contributed by atoms with van der Waals surface area (Å²) in [5.74, 6) is 0. The predicted octanol–water partition coefficient (Wildman–Crippen LogP) is 1.95. The number of rotatable bonds is 12. The molecule has 9 nitrogen and oxygen atoms in total. The van der Waals surface area contributed by atoms with Crippen LogP contribution in [-0.2, 0) is 23.6 Å². The van der Waals surface area contributed by atoms with Crippen LogP contribution in [0.4, 0.5) is 5.69 Å². The van der Waals surface area contributed by atoms with Crippen molar-refractivity contribution in [1.29, 1.82) is 0 Å². The Morgan fingerprint density at radius 1 is 1.13 bits per heavy atom. The molecule has 0 aromatic heterocycles. The van der Waals surface area contributed by atoms with Crippen LogP contribution >= 0.6 is 7.60 Å². The third-order valence-electron chi connectivity index (χ3n) is 5.14. The molecule has 0 aliphatic carbocycles. The van der Waals surface area contributed by atoms with E-state index in [1.807, 2.05) is 0 Å². The van der Waals surface area contributed by atoms with Gasteiger partial charge in [0.15, 0.2) is 0 Å². The molecular formula is C19H35N4O5PS. The Labute approximate surface area is 180 Å². The number of hydrogen-bond donors (Lipinski definition) is 2. The predicted molar refractivity (Wildman–Crippen MR) is 119 cm³/mol. The van der Waals surface area contributed by atoms with Crippen molar-refractivity contribution in [3.8, 4) is 0 Å². The molecule has 30 heavy (non-hydrogen) atoms. The Morgan fingerprint density at radius 2 is 1.70 bits per heavy atom. The van der Waals surface area contributed by atoms with Gasteiger partial charge in [-0.2, -0.15) is 4.31 Å². The number of hydrogen-bond acceptors (Lipinski definition) is 8. The van der Waals surface area contributed by atoms with E-state index in [0.29, 0.717) is 57.5 Å². The van der Waals surface area contributed by atoms with Crippen LogP contribution in [-0.4, -0.2) is 75.8 Å². The molecule has 0 amide bonds. The molecule has 1 aliphatic rings. The van der Waals surface area contributed by atoms with E-state index >= 15 is 0 Å². The summed E-state index contributed by atoms with van der Waals surface area (Å²) in [6.45, 7) is 6.80. The average molecular weight is 463 g/mol. The molecule has 1 aliphatic heterocycles. The van der Waals surface area contributed by atoms with Gasteiger partial charge in [-0.15, -0.1) is 0 Å². The van der Waals surface area contributed by atoms with Crippen molar-refractivity contribution < 1.29 is 22.0 Å². The lowest BCUT2D eigenvalue weighted by Gasteiger charge is -2.38. The number of piperidine rings is 1. The Bertz CT molecular complexity index is 788. The monoisotopic (exact) mass is 462 g/mol. The number of likely N-dealkylation sites (tertiary alicyclic amines) is 1. The van der Waals surface area contributed by atoms with Crippen LogP contribution in [0.2, 0.25) is 0 Å². The highest BCUT2D eigenvalue weighted by Gasteiger charge is 2.34. The molecule has 0 bridgehead atoms. The lowest BCUT2D eigenvalue weighted by Crippen LogP contribution is -2.49. The number of nitrogens with zero attached hydrogens (tertiary/aromatic N) is 2. The zero-order valence-corrected chi connectivity index (χ0v) is 19.6. The second-order valence-corrected chi connectivity index (χ2v) is 11.3. The molecule has 0 unspecified atom stereocenters. The van der Waals surface area contributed by atoms with E-state index in [1.54, 1.807) is 26.0 Å². The summed E-state index contributed by atoms with van der Waals surface area (Å²) in [4.78, 5) is 2.40. The lowest BCUT2D eigenvalue weighted by molar-refractivity contribution is 0.161. The van der Waals surface area contributed by atoms with E-state index in [2.05, 4.69) is 4.90 Å². The highest BCUT2D eigenvalue weighted by Crippen LogP contribution is 2.47. The molecule has 11 heteroatoms. The summed E-state index contributed by atoms with van der Waals surface area (Å²) in [7, 11) is -6.73. The minimum atomic E-state index is -3.65. The van der Waals surface area contributed by atoms with Gasteiger partial charge in [0.25, 0.3) is 0 Å². The molecule has 1 aromatic rings. The minimum absolute atomic E-state index is 0.127. The fraction of sp³-hybridized carbons (Fsp3) is 0.684. The van der Waals surface area contributed by atoms with Gasteiger partial charge in [-0.05, 0) is 64.0 Å². The van der Waals surface area contributed by atoms with Gasteiger partial charge in [-0.1, -0.05) is 0 Å². The topological polar surface area (TPSA) is 128 Å².